The summed E-state index contributed by atoms with van der Waals surface area (Å²) in [5.41, 5.74) is 4.47. The van der Waals surface area contributed by atoms with E-state index < -0.39 is 77.7 Å². The van der Waals surface area contributed by atoms with Crippen LogP contribution >= 0.6 is 0 Å². The van der Waals surface area contributed by atoms with Crippen LogP contribution in [0.2, 0.25) is 0 Å². The summed E-state index contributed by atoms with van der Waals surface area (Å²) in [6.45, 7) is 0.956. The summed E-state index contributed by atoms with van der Waals surface area (Å²) in [6, 6.07) is 55.5. The minimum absolute atomic E-state index is 0.0320. The molecular weight excluding hydrogens is 887 g/mol. The molecule has 1 unspecified atom stereocenters. The fourth-order valence-corrected chi connectivity index (χ4v) is 9.95. The van der Waals surface area contributed by atoms with E-state index in [2.05, 4.69) is 4.72 Å². The van der Waals surface area contributed by atoms with Crippen molar-refractivity contribution in [1.29, 1.82) is 0 Å². The monoisotopic (exact) mass is 943 g/mol. The Balaban J connectivity index is 1.11. The van der Waals surface area contributed by atoms with Crippen LogP contribution < -0.4 is 4.72 Å². The van der Waals surface area contributed by atoms with Crippen molar-refractivity contribution in [2.24, 2.45) is 0 Å². The zero-order chi connectivity index (χ0) is 46.5. The van der Waals surface area contributed by atoms with Crippen molar-refractivity contribution in [3.8, 4) is 0 Å². The van der Waals surface area contributed by atoms with E-state index in [1.165, 1.54) is 19.2 Å². The molecule has 0 aromatic heterocycles. The quantitative estimate of drug-likeness (QED) is 0.0797. The van der Waals surface area contributed by atoms with Gasteiger partial charge in [-0.3, -0.25) is 0 Å². The van der Waals surface area contributed by atoms with Gasteiger partial charge in [-0.2, -0.15) is 0 Å². The zero-order valence-corrected chi connectivity index (χ0v) is 38.5. The van der Waals surface area contributed by atoms with Gasteiger partial charge in [-0.15, -0.1) is 0 Å². The first-order chi connectivity index (χ1) is 33.4. The largest absolute Gasteiger partial charge is 0.374 e. The average molecular weight is 944 g/mol. The lowest BCUT2D eigenvalue weighted by Gasteiger charge is -2.51. The van der Waals surface area contributed by atoms with E-state index in [0.717, 1.165) is 27.8 Å². The Hall–Kier alpha value is -5.17. The van der Waals surface area contributed by atoms with Crippen LogP contribution in [0.5, 0.6) is 0 Å². The van der Waals surface area contributed by atoms with E-state index in [9.17, 15) is 8.42 Å². The first-order valence-corrected chi connectivity index (χ1v) is 24.4. The van der Waals surface area contributed by atoms with Crippen LogP contribution in [0.1, 0.15) is 34.1 Å². The molecule has 6 aromatic rings. The van der Waals surface area contributed by atoms with Crippen LogP contribution in [-0.4, -0.2) is 90.1 Å². The summed E-state index contributed by atoms with van der Waals surface area (Å²) >= 11 is 0. The SMILES string of the molecule is CO[C@@H]1O[C@@H]2COC(c3ccccc3)O[C@H]2[C@H](OCc2ccccc2)[C@H]1O[C@@H]1O[C@H](COCc2ccccc2)[C@@H](OCc2ccccc2)[C@H](OCc2ccccc2)[C@H]1NS(=O)(=O)c1ccccc1. The third-order valence-electron chi connectivity index (χ3n) is 12.1. The van der Waals surface area contributed by atoms with Crippen molar-refractivity contribution in [2.75, 3.05) is 20.3 Å². The predicted octanol–water partition coefficient (Wildman–Crippen LogP) is 7.90. The average Bonchev–Trinajstić information content (AvgIpc) is 3.39. The second-order valence-corrected chi connectivity index (χ2v) is 18.6. The van der Waals surface area contributed by atoms with Crippen molar-refractivity contribution in [1.82, 2.24) is 4.72 Å². The molecule has 3 fully saturated rings. The smallest absolute Gasteiger partial charge is 0.241 e. The van der Waals surface area contributed by atoms with E-state index in [1.807, 2.05) is 152 Å². The maximum Gasteiger partial charge on any atom is 0.241 e. The molecule has 3 saturated heterocycles. The number of hydrogen-bond acceptors (Lipinski definition) is 12. The van der Waals surface area contributed by atoms with Crippen molar-refractivity contribution in [3.05, 3.63) is 210 Å². The van der Waals surface area contributed by atoms with Crippen LogP contribution in [0, 0.1) is 0 Å². The van der Waals surface area contributed by atoms with Crippen LogP contribution in [0.25, 0.3) is 0 Å². The maximum absolute atomic E-state index is 14.6. The van der Waals surface area contributed by atoms with Crippen LogP contribution in [0.3, 0.4) is 0 Å². The van der Waals surface area contributed by atoms with Gasteiger partial charge >= 0.3 is 0 Å². The number of benzene rings is 6. The fraction of sp³-hybridized carbons (Fsp3) is 0.333. The van der Waals surface area contributed by atoms with Crippen molar-refractivity contribution >= 4 is 10.0 Å². The van der Waals surface area contributed by atoms with Crippen molar-refractivity contribution in [2.45, 2.75) is 99.0 Å². The molecule has 0 bridgehead atoms. The minimum Gasteiger partial charge on any atom is -0.374 e. The summed E-state index contributed by atoms with van der Waals surface area (Å²) in [5.74, 6) is 0. The third-order valence-corrected chi connectivity index (χ3v) is 13.6. The van der Waals surface area contributed by atoms with Crippen molar-refractivity contribution in [3.63, 3.8) is 0 Å². The van der Waals surface area contributed by atoms with Crippen molar-refractivity contribution < 1.29 is 55.8 Å². The third kappa shape index (κ3) is 12.2. The highest BCUT2D eigenvalue weighted by atomic mass is 32.2. The number of nitrogens with one attached hydrogen (secondary N) is 1. The first kappa shape index (κ1) is 47.9. The lowest BCUT2D eigenvalue weighted by Crippen LogP contribution is -2.69. The number of ether oxygens (including phenoxy) is 10. The number of hydrogen-bond donors (Lipinski definition) is 1. The number of methoxy groups -OCH3 is 1. The summed E-state index contributed by atoms with van der Waals surface area (Å²) in [5, 5.41) is 0. The molecule has 3 aliphatic heterocycles. The number of fused-ring (bicyclic) bond motifs is 1. The second-order valence-electron chi connectivity index (χ2n) is 16.8. The summed E-state index contributed by atoms with van der Waals surface area (Å²) in [7, 11) is -2.74. The minimum atomic E-state index is -4.26. The highest BCUT2D eigenvalue weighted by Crippen LogP contribution is 2.39. The van der Waals surface area contributed by atoms with Gasteiger partial charge in [0, 0.05) is 12.7 Å². The molecule has 3 heterocycles. The summed E-state index contributed by atoms with van der Waals surface area (Å²) in [4.78, 5) is 0.0425. The van der Waals surface area contributed by atoms with Gasteiger partial charge in [-0.1, -0.05) is 170 Å². The Labute approximate surface area is 398 Å². The lowest BCUT2D eigenvalue weighted by atomic mass is 9.95. The van der Waals surface area contributed by atoms with E-state index in [4.69, 9.17) is 47.4 Å². The maximum atomic E-state index is 14.6. The number of rotatable bonds is 20. The molecule has 0 spiro atoms. The Morgan fingerprint density at radius 1 is 0.529 bits per heavy atom. The van der Waals surface area contributed by atoms with Gasteiger partial charge in [-0.25, -0.2) is 13.1 Å². The Morgan fingerprint density at radius 2 is 1.01 bits per heavy atom. The van der Waals surface area contributed by atoms with Crippen LogP contribution in [0.4, 0.5) is 0 Å². The molecule has 0 amide bonds. The van der Waals surface area contributed by atoms with Gasteiger partial charge in [0.05, 0.1) is 44.5 Å². The highest BCUT2D eigenvalue weighted by Gasteiger charge is 2.56. The van der Waals surface area contributed by atoms with Gasteiger partial charge in [0.25, 0.3) is 0 Å². The molecule has 1 N–H and O–H groups in total. The first-order valence-electron chi connectivity index (χ1n) is 22.9. The molecule has 68 heavy (non-hydrogen) atoms. The zero-order valence-electron chi connectivity index (χ0n) is 37.7. The normalized spacial score (nSPS) is 27.3. The lowest BCUT2D eigenvalue weighted by molar-refractivity contribution is -0.390. The van der Waals surface area contributed by atoms with Crippen LogP contribution in [0.15, 0.2) is 187 Å². The van der Waals surface area contributed by atoms with Gasteiger partial charge in [0.1, 0.15) is 48.8 Å². The van der Waals surface area contributed by atoms with Gasteiger partial charge in [-0.05, 0) is 34.4 Å². The van der Waals surface area contributed by atoms with Gasteiger partial charge in [0.2, 0.25) is 10.0 Å². The molecule has 0 saturated carbocycles. The molecule has 356 valence electrons. The van der Waals surface area contributed by atoms with E-state index in [-0.39, 0.29) is 44.5 Å². The predicted molar refractivity (Wildman–Crippen MR) is 251 cm³/mol. The standard InChI is InChI=1S/C54H57NO12S/c1-58-54-51(50(62-35-41-26-14-5-15-27-41)48-45(65-54)37-63-52(66-48)42-28-16-6-17-29-42)67-53-46(55-68(56,57)43-30-18-7-19-31-43)49(61-34-40-24-12-4-13-25-40)47(60-33-39-22-10-3-11-23-39)44(64-53)36-59-32-38-20-8-2-9-21-38/h2-31,44-55H,32-37H2,1H3/t44-,45-,46-,47-,48-,49-,50+,51-,52?,53+,54-/m1/s1. The molecular formula is C54H57NO12S. The molecule has 13 nitrogen and oxygen atoms in total. The molecule has 9 rings (SSSR count). The topological polar surface area (TPSA) is 138 Å². The number of sulfonamides is 1. The highest BCUT2D eigenvalue weighted by molar-refractivity contribution is 7.89. The summed E-state index contributed by atoms with van der Waals surface area (Å²) in [6.07, 6.45) is -9.17. The molecule has 6 aromatic carbocycles. The van der Waals surface area contributed by atoms with E-state index >= 15 is 0 Å². The second kappa shape index (κ2) is 23.4. The van der Waals surface area contributed by atoms with E-state index in [1.54, 1.807) is 18.2 Å². The fourth-order valence-electron chi connectivity index (χ4n) is 8.70. The summed E-state index contributed by atoms with van der Waals surface area (Å²) < 4.78 is 99.0. The molecule has 3 aliphatic rings. The van der Waals surface area contributed by atoms with Gasteiger partial charge < -0.3 is 47.4 Å². The Morgan fingerprint density at radius 3 is 1.56 bits per heavy atom. The van der Waals surface area contributed by atoms with Gasteiger partial charge in [0.15, 0.2) is 18.9 Å². The van der Waals surface area contributed by atoms with Crippen LogP contribution in [-0.2, 0) is 83.8 Å². The molecule has 0 aliphatic carbocycles. The molecule has 0 radical (unpaired) electrons. The molecule has 14 heteroatoms. The molecule has 11 atom stereocenters. The Kier molecular flexibility index (Phi) is 16.5. The Bertz CT molecular complexity index is 2510. The van der Waals surface area contributed by atoms with E-state index in [0.29, 0.717) is 0 Å².